The Bertz CT molecular complexity index is 1130. The van der Waals surface area contributed by atoms with E-state index in [1.165, 1.54) is 36.1 Å². The summed E-state index contributed by atoms with van der Waals surface area (Å²) in [4.78, 5) is 25.4. The SMILES string of the molecule is COc1ccc(-n2cc(C(=O)c3cc(Br)ccc3O)cc(C#N)c2=O)cc1. The van der Waals surface area contributed by atoms with Gasteiger partial charge in [0.1, 0.15) is 23.1 Å². The lowest BCUT2D eigenvalue weighted by atomic mass is 10.0. The topological polar surface area (TPSA) is 92.3 Å². The van der Waals surface area contributed by atoms with Crippen LogP contribution in [0.1, 0.15) is 21.5 Å². The van der Waals surface area contributed by atoms with Crippen LogP contribution in [-0.2, 0) is 0 Å². The van der Waals surface area contributed by atoms with E-state index in [1.807, 2.05) is 6.07 Å². The van der Waals surface area contributed by atoms with Gasteiger partial charge in [-0.3, -0.25) is 14.2 Å². The quantitative estimate of drug-likeness (QED) is 0.647. The molecular formula is C20H13BrN2O4. The Balaban J connectivity index is 2.17. The molecule has 0 atom stereocenters. The lowest BCUT2D eigenvalue weighted by Gasteiger charge is -2.11. The first kappa shape index (κ1) is 18.4. The fourth-order valence-electron chi connectivity index (χ4n) is 2.57. The van der Waals surface area contributed by atoms with Gasteiger partial charge in [0.15, 0.2) is 5.78 Å². The summed E-state index contributed by atoms with van der Waals surface area (Å²) in [7, 11) is 1.53. The fourth-order valence-corrected chi connectivity index (χ4v) is 2.93. The molecule has 0 unspecified atom stereocenters. The number of halogens is 1. The molecule has 27 heavy (non-hydrogen) atoms. The number of phenolic OH excluding ortho intramolecular Hbond substituents is 1. The van der Waals surface area contributed by atoms with E-state index < -0.39 is 11.3 Å². The van der Waals surface area contributed by atoms with Crippen molar-refractivity contribution in [1.29, 1.82) is 5.26 Å². The maximum atomic E-state index is 12.9. The van der Waals surface area contributed by atoms with Crippen LogP contribution >= 0.6 is 15.9 Å². The van der Waals surface area contributed by atoms with Crippen LogP contribution in [0.5, 0.6) is 11.5 Å². The van der Waals surface area contributed by atoms with Crippen molar-refractivity contribution in [1.82, 2.24) is 4.57 Å². The van der Waals surface area contributed by atoms with E-state index in [0.717, 1.165) is 0 Å². The van der Waals surface area contributed by atoms with E-state index in [-0.39, 0.29) is 22.4 Å². The molecule has 0 radical (unpaired) electrons. The summed E-state index contributed by atoms with van der Waals surface area (Å²) in [5.41, 5.74) is -0.0715. The number of aromatic hydroxyl groups is 1. The molecule has 0 aliphatic carbocycles. The number of ether oxygens (including phenoxy) is 1. The Morgan fingerprint density at radius 1 is 1.19 bits per heavy atom. The Labute approximate surface area is 163 Å². The molecule has 7 heteroatoms. The van der Waals surface area contributed by atoms with Crippen LogP contribution in [0, 0.1) is 11.3 Å². The summed E-state index contributed by atoms with van der Waals surface area (Å²) < 4.78 is 6.94. The normalized spacial score (nSPS) is 10.3. The minimum Gasteiger partial charge on any atom is -0.507 e. The molecule has 6 nitrogen and oxygen atoms in total. The molecule has 0 aliphatic rings. The molecule has 0 fully saturated rings. The number of nitriles is 1. The van der Waals surface area contributed by atoms with Gasteiger partial charge in [0.05, 0.1) is 12.7 Å². The van der Waals surface area contributed by atoms with Crippen LogP contribution in [0.2, 0.25) is 0 Å². The fraction of sp³-hybridized carbons (Fsp3) is 0.0500. The average molecular weight is 425 g/mol. The summed E-state index contributed by atoms with van der Waals surface area (Å²) >= 11 is 3.26. The van der Waals surface area contributed by atoms with Gasteiger partial charge >= 0.3 is 0 Å². The van der Waals surface area contributed by atoms with Crippen molar-refractivity contribution in [3.63, 3.8) is 0 Å². The minimum atomic E-state index is -0.544. The van der Waals surface area contributed by atoms with Crippen molar-refractivity contribution < 1.29 is 14.6 Å². The Morgan fingerprint density at radius 2 is 1.89 bits per heavy atom. The first-order valence-electron chi connectivity index (χ1n) is 7.79. The molecule has 1 N–H and O–H groups in total. The third-order valence-corrected chi connectivity index (χ3v) is 4.45. The maximum absolute atomic E-state index is 12.9. The van der Waals surface area contributed by atoms with Gasteiger partial charge in [-0.2, -0.15) is 5.26 Å². The van der Waals surface area contributed by atoms with E-state index >= 15 is 0 Å². The maximum Gasteiger partial charge on any atom is 0.273 e. The second-order valence-electron chi connectivity index (χ2n) is 5.62. The number of methoxy groups -OCH3 is 1. The van der Waals surface area contributed by atoms with Crippen LogP contribution in [0.25, 0.3) is 5.69 Å². The molecule has 0 bridgehead atoms. The minimum absolute atomic E-state index is 0.0631. The molecule has 3 aromatic rings. The average Bonchev–Trinajstić information content (AvgIpc) is 2.69. The number of ketones is 1. The third-order valence-electron chi connectivity index (χ3n) is 3.95. The highest BCUT2D eigenvalue weighted by Gasteiger charge is 2.18. The van der Waals surface area contributed by atoms with Gasteiger partial charge in [-0.05, 0) is 48.5 Å². The van der Waals surface area contributed by atoms with E-state index in [9.17, 15) is 20.0 Å². The van der Waals surface area contributed by atoms with Crippen molar-refractivity contribution in [2.24, 2.45) is 0 Å². The third kappa shape index (κ3) is 3.61. The Morgan fingerprint density at radius 3 is 2.52 bits per heavy atom. The van der Waals surface area contributed by atoms with Crippen molar-refractivity contribution in [3.05, 3.63) is 86.2 Å². The smallest absolute Gasteiger partial charge is 0.273 e. The van der Waals surface area contributed by atoms with Crippen LogP contribution in [0.4, 0.5) is 0 Å². The number of rotatable bonds is 4. The highest BCUT2D eigenvalue weighted by atomic mass is 79.9. The zero-order valence-electron chi connectivity index (χ0n) is 14.1. The summed E-state index contributed by atoms with van der Waals surface area (Å²) in [6.07, 6.45) is 1.35. The number of hydrogen-bond donors (Lipinski definition) is 1. The zero-order chi connectivity index (χ0) is 19.6. The molecule has 2 aromatic carbocycles. The number of carbonyl (C=O) groups excluding carboxylic acids is 1. The zero-order valence-corrected chi connectivity index (χ0v) is 15.7. The van der Waals surface area contributed by atoms with Gasteiger partial charge < -0.3 is 9.84 Å². The van der Waals surface area contributed by atoms with Gasteiger partial charge in [0.25, 0.3) is 5.56 Å². The first-order valence-corrected chi connectivity index (χ1v) is 8.58. The largest absolute Gasteiger partial charge is 0.507 e. The first-order chi connectivity index (χ1) is 12.9. The predicted octanol–water partition coefficient (Wildman–Crippen LogP) is 3.42. The van der Waals surface area contributed by atoms with Crippen LogP contribution in [0.3, 0.4) is 0 Å². The highest BCUT2D eigenvalue weighted by molar-refractivity contribution is 9.10. The van der Waals surface area contributed by atoms with Crippen molar-refractivity contribution in [2.75, 3.05) is 7.11 Å². The summed E-state index contributed by atoms with van der Waals surface area (Å²) in [5.74, 6) is -0.0879. The standard InChI is InChI=1S/C20H13BrN2O4/c1-27-16-5-3-15(4-6-16)23-11-13(8-12(10-22)20(23)26)19(25)17-9-14(21)2-7-18(17)24/h2-9,11,24H,1H3. The Kier molecular flexibility index (Phi) is 5.10. The number of carbonyl (C=O) groups is 1. The number of pyridine rings is 1. The van der Waals surface area contributed by atoms with Crippen LogP contribution < -0.4 is 10.3 Å². The number of nitrogens with zero attached hydrogens (tertiary/aromatic N) is 2. The van der Waals surface area contributed by atoms with Crippen molar-refractivity contribution >= 4 is 21.7 Å². The molecule has 1 aromatic heterocycles. The lowest BCUT2D eigenvalue weighted by molar-refractivity contribution is 0.103. The number of aromatic nitrogens is 1. The molecule has 0 saturated heterocycles. The summed E-state index contributed by atoms with van der Waals surface area (Å²) in [6.45, 7) is 0. The lowest BCUT2D eigenvalue weighted by Crippen LogP contribution is -2.22. The number of benzene rings is 2. The van der Waals surface area contributed by atoms with E-state index in [4.69, 9.17) is 4.74 Å². The molecule has 3 rings (SSSR count). The van der Waals surface area contributed by atoms with Crippen LogP contribution in [0.15, 0.2) is 64.0 Å². The second-order valence-corrected chi connectivity index (χ2v) is 6.53. The van der Waals surface area contributed by atoms with Gasteiger partial charge in [0, 0.05) is 21.9 Å². The molecule has 134 valence electrons. The van der Waals surface area contributed by atoms with Crippen LogP contribution in [-0.4, -0.2) is 22.6 Å². The number of hydrogen-bond acceptors (Lipinski definition) is 5. The number of phenols is 1. The van der Waals surface area contributed by atoms with E-state index in [0.29, 0.717) is 15.9 Å². The van der Waals surface area contributed by atoms with Gasteiger partial charge in [-0.25, -0.2) is 0 Å². The predicted molar refractivity (Wildman–Crippen MR) is 103 cm³/mol. The summed E-state index contributed by atoms with van der Waals surface area (Å²) in [5, 5.41) is 19.3. The molecule has 0 aliphatic heterocycles. The summed E-state index contributed by atoms with van der Waals surface area (Å²) in [6, 6.07) is 14.1. The molecule has 0 saturated carbocycles. The van der Waals surface area contributed by atoms with Gasteiger partial charge in [0.2, 0.25) is 0 Å². The molecule has 0 amide bonds. The molecule has 1 heterocycles. The molecule has 0 spiro atoms. The second kappa shape index (κ2) is 7.48. The van der Waals surface area contributed by atoms with E-state index in [1.54, 1.807) is 30.3 Å². The molecular weight excluding hydrogens is 412 g/mol. The van der Waals surface area contributed by atoms with Gasteiger partial charge in [-0.15, -0.1) is 0 Å². The highest BCUT2D eigenvalue weighted by Crippen LogP contribution is 2.25. The van der Waals surface area contributed by atoms with E-state index in [2.05, 4.69) is 15.9 Å². The Hall–Kier alpha value is -3.37. The van der Waals surface area contributed by atoms with Crippen molar-refractivity contribution in [2.45, 2.75) is 0 Å². The monoisotopic (exact) mass is 424 g/mol. The van der Waals surface area contributed by atoms with Gasteiger partial charge in [-0.1, -0.05) is 15.9 Å². The van der Waals surface area contributed by atoms with Crippen molar-refractivity contribution in [3.8, 4) is 23.3 Å².